The fraction of sp³-hybridized carbons (Fsp3) is 0.385. The number of hydrogen-bond donors (Lipinski definition) is 1. The zero-order valence-electron chi connectivity index (χ0n) is 9.97. The second-order valence-electron chi connectivity index (χ2n) is 4.47. The van der Waals surface area contributed by atoms with Gasteiger partial charge in [-0.1, -0.05) is 11.6 Å². The Morgan fingerprint density at radius 3 is 2.33 bits per heavy atom. The summed E-state index contributed by atoms with van der Waals surface area (Å²) >= 11 is 5.75. The van der Waals surface area contributed by atoms with Gasteiger partial charge in [0.25, 0.3) is 0 Å². The highest BCUT2D eigenvalue weighted by Crippen LogP contribution is 2.29. The fourth-order valence-electron chi connectivity index (χ4n) is 1.97. The van der Waals surface area contributed by atoms with Crippen LogP contribution in [0.4, 0.5) is 4.79 Å². The van der Waals surface area contributed by atoms with Gasteiger partial charge in [-0.05, 0) is 44.0 Å². The first-order valence-corrected chi connectivity index (χ1v) is 6.19. The molecule has 1 atom stereocenters. The highest BCUT2D eigenvalue weighted by atomic mass is 35.5. The molecule has 96 valence electrons. The standard InChI is InChI=1S/C13H14ClNO3/c1-8(15(13(17)18)11-6-7-11)12(16)9-2-4-10(14)5-3-9/h2-5,8,11H,6-7H2,1H3,(H,17,18). The van der Waals surface area contributed by atoms with E-state index in [0.29, 0.717) is 10.6 Å². The van der Waals surface area contributed by atoms with Crippen molar-refractivity contribution >= 4 is 23.5 Å². The van der Waals surface area contributed by atoms with Crippen molar-refractivity contribution in [1.82, 2.24) is 4.90 Å². The lowest BCUT2D eigenvalue weighted by atomic mass is 10.0. The normalized spacial score (nSPS) is 16.1. The first kappa shape index (κ1) is 12.9. The Labute approximate surface area is 110 Å². The zero-order valence-corrected chi connectivity index (χ0v) is 10.7. The number of rotatable bonds is 4. The van der Waals surface area contributed by atoms with Gasteiger partial charge in [-0.25, -0.2) is 4.79 Å². The molecule has 1 aromatic rings. The number of carbonyl (C=O) groups is 2. The summed E-state index contributed by atoms with van der Waals surface area (Å²) in [6.07, 6.45) is 0.641. The molecule has 1 N–H and O–H groups in total. The molecule has 1 unspecified atom stereocenters. The van der Waals surface area contributed by atoms with Gasteiger partial charge in [0.05, 0.1) is 6.04 Å². The lowest BCUT2D eigenvalue weighted by Crippen LogP contribution is -2.44. The monoisotopic (exact) mass is 267 g/mol. The summed E-state index contributed by atoms with van der Waals surface area (Å²) in [6.45, 7) is 1.63. The first-order chi connectivity index (χ1) is 8.50. The molecule has 1 fully saturated rings. The molecule has 1 saturated carbocycles. The van der Waals surface area contributed by atoms with Crippen molar-refractivity contribution in [2.75, 3.05) is 0 Å². The topological polar surface area (TPSA) is 57.6 Å². The molecular weight excluding hydrogens is 254 g/mol. The summed E-state index contributed by atoms with van der Waals surface area (Å²) in [4.78, 5) is 24.6. The van der Waals surface area contributed by atoms with Crippen molar-refractivity contribution in [3.8, 4) is 0 Å². The maximum absolute atomic E-state index is 12.2. The lowest BCUT2D eigenvalue weighted by molar-refractivity contribution is 0.0795. The van der Waals surface area contributed by atoms with Crippen LogP contribution < -0.4 is 0 Å². The third-order valence-corrected chi connectivity index (χ3v) is 3.34. The maximum Gasteiger partial charge on any atom is 0.408 e. The Bertz CT molecular complexity index is 468. The lowest BCUT2D eigenvalue weighted by Gasteiger charge is -2.25. The van der Waals surface area contributed by atoms with Gasteiger partial charge in [0.2, 0.25) is 0 Å². The predicted molar refractivity (Wildman–Crippen MR) is 68.1 cm³/mol. The Morgan fingerprint density at radius 2 is 1.89 bits per heavy atom. The van der Waals surface area contributed by atoms with E-state index in [4.69, 9.17) is 16.7 Å². The maximum atomic E-state index is 12.2. The molecule has 0 radical (unpaired) electrons. The summed E-state index contributed by atoms with van der Waals surface area (Å²) in [6, 6.07) is 5.83. The molecule has 0 heterocycles. The summed E-state index contributed by atoms with van der Waals surface area (Å²) in [5.41, 5.74) is 0.485. The van der Waals surface area contributed by atoms with Crippen LogP contribution >= 0.6 is 11.6 Å². The summed E-state index contributed by atoms with van der Waals surface area (Å²) in [5.74, 6) is -0.194. The number of halogens is 1. The van der Waals surface area contributed by atoms with Crippen LogP contribution in [-0.4, -0.2) is 34.0 Å². The second-order valence-corrected chi connectivity index (χ2v) is 4.90. The van der Waals surface area contributed by atoms with E-state index in [2.05, 4.69) is 0 Å². The van der Waals surface area contributed by atoms with Gasteiger partial charge in [0, 0.05) is 16.6 Å². The molecule has 0 saturated heterocycles. The van der Waals surface area contributed by atoms with Gasteiger partial charge in [0.15, 0.2) is 5.78 Å². The minimum absolute atomic E-state index is 0.00579. The van der Waals surface area contributed by atoms with E-state index in [-0.39, 0.29) is 11.8 Å². The summed E-state index contributed by atoms with van der Waals surface area (Å²) in [5, 5.41) is 9.70. The van der Waals surface area contributed by atoms with Crippen molar-refractivity contribution in [2.45, 2.75) is 31.8 Å². The number of carboxylic acid groups (broad SMARTS) is 1. The SMILES string of the molecule is CC(C(=O)c1ccc(Cl)cc1)N(C(=O)O)C1CC1. The Hall–Kier alpha value is -1.55. The van der Waals surface area contributed by atoms with Crippen LogP contribution in [0.25, 0.3) is 0 Å². The van der Waals surface area contributed by atoms with E-state index in [1.807, 2.05) is 0 Å². The number of nitrogens with zero attached hydrogens (tertiary/aromatic N) is 1. The van der Waals surface area contributed by atoms with Crippen LogP contribution in [-0.2, 0) is 0 Å². The summed E-state index contributed by atoms with van der Waals surface area (Å²) in [7, 11) is 0. The minimum atomic E-state index is -1.03. The van der Waals surface area contributed by atoms with Crippen LogP contribution in [0.5, 0.6) is 0 Å². The third-order valence-electron chi connectivity index (χ3n) is 3.09. The molecule has 2 rings (SSSR count). The smallest absolute Gasteiger partial charge is 0.408 e. The number of ketones is 1. The van der Waals surface area contributed by atoms with Crippen LogP contribution in [0.2, 0.25) is 5.02 Å². The highest BCUT2D eigenvalue weighted by Gasteiger charge is 2.38. The summed E-state index contributed by atoms with van der Waals surface area (Å²) < 4.78 is 0. The first-order valence-electron chi connectivity index (χ1n) is 5.81. The molecule has 5 heteroatoms. The molecule has 0 bridgehead atoms. The Balaban J connectivity index is 2.16. The number of carbonyl (C=O) groups excluding carboxylic acids is 1. The van der Waals surface area contributed by atoms with Crippen molar-refractivity contribution in [3.05, 3.63) is 34.9 Å². The van der Waals surface area contributed by atoms with Crippen LogP contribution in [0.3, 0.4) is 0 Å². The van der Waals surface area contributed by atoms with Crippen LogP contribution in [0, 0.1) is 0 Å². The molecule has 0 aromatic heterocycles. The largest absolute Gasteiger partial charge is 0.465 e. The van der Waals surface area contributed by atoms with Gasteiger partial charge in [-0.3, -0.25) is 9.69 Å². The molecule has 0 aliphatic heterocycles. The second kappa shape index (κ2) is 4.98. The number of amides is 1. The average molecular weight is 268 g/mol. The van der Waals surface area contributed by atoms with Crippen molar-refractivity contribution in [1.29, 1.82) is 0 Å². The predicted octanol–water partition coefficient (Wildman–Crippen LogP) is 3.05. The van der Waals surface area contributed by atoms with E-state index >= 15 is 0 Å². The molecule has 1 aliphatic carbocycles. The van der Waals surface area contributed by atoms with Crippen LogP contribution in [0.15, 0.2) is 24.3 Å². The number of Topliss-reactive ketones (excluding diaryl/α,β-unsaturated/α-hetero) is 1. The Morgan fingerprint density at radius 1 is 1.33 bits per heavy atom. The van der Waals surface area contributed by atoms with Gasteiger partial charge in [0.1, 0.15) is 0 Å². The molecule has 18 heavy (non-hydrogen) atoms. The van der Waals surface area contributed by atoms with Gasteiger partial charge >= 0.3 is 6.09 Å². The molecule has 4 nitrogen and oxygen atoms in total. The van der Waals surface area contributed by atoms with Crippen molar-refractivity contribution in [2.24, 2.45) is 0 Å². The highest BCUT2D eigenvalue weighted by molar-refractivity contribution is 6.30. The number of hydrogen-bond acceptors (Lipinski definition) is 2. The average Bonchev–Trinajstić information content (AvgIpc) is 3.13. The number of benzene rings is 1. The minimum Gasteiger partial charge on any atom is -0.465 e. The van der Waals surface area contributed by atoms with E-state index in [0.717, 1.165) is 12.8 Å². The third kappa shape index (κ3) is 2.64. The zero-order chi connectivity index (χ0) is 13.3. The van der Waals surface area contributed by atoms with Crippen molar-refractivity contribution in [3.63, 3.8) is 0 Å². The van der Waals surface area contributed by atoms with E-state index in [1.54, 1.807) is 31.2 Å². The molecule has 1 aromatic carbocycles. The molecule has 1 aliphatic rings. The Kier molecular flexibility index (Phi) is 3.57. The van der Waals surface area contributed by atoms with E-state index in [1.165, 1.54) is 4.90 Å². The van der Waals surface area contributed by atoms with Gasteiger partial charge in [-0.15, -0.1) is 0 Å². The van der Waals surface area contributed by atoms with E-state index < -0.39 is 12.1 Å². The molecular formula is C13H14ClNO3. The van der Waals surface area contributed by atoms with Crippen molar-refractivity contribution < 1.29 is 14.7 Å². The fourth-order valence-corrected chi connectivity index (χ4v) is 2.10. The van der Waals surface area contributed by atoms with Gasteiger partial charge < -0.3 is 5.11 Å². The molecule has 1 amide bonds. The van der Waals surface area contributed by atoms with E-state index in [9.17, 15) is 9.59 Å². The van der Waals surface area contributed by atoms with Gasteiger partial charge in [-0.2, -0.15) is 0 Å². The van der Waals surface area contributed by atoms with Crippen LogP contribution in [0.1, 0.15) is 30.1 Å². The quantitative estimate of drug-likeness (QED) is 0.853. The molecule has 0 spiro atoms.